The van der Waals surface area contributed by atoms with Gasteiger partial charge in [-0.15, -0.1) is 0 Å². The molecular weight excluding hydrogens is 384 g/mol. The molecule has 1 aromatic carbocycles. The molecule has 112 valence electrons. The summed E-state index contributed by atoms with van der Waals surface area (Å²) in [5, 5.41) is 3.63. The first-order chi connectivity index (χ1) is 9.60. The lowest BCUT2D eigenvalue weighted by Crippen LogP contribution is -2.37. The Morgan fingerprint density at radius 1 is 1.20 bits per heavy atom. The van der Waals surface area contributed by atoms with Crippen LogP contribution < -0.4 is 15.8 Å². The van der Waals surface area contributed by atoms with Crippen LogP contribution in [0.4, 0.5) is 0 Å². The maximum atomic E-state index is 5.93. The van der Waals surface area contributed by atoms with E-state index in [-0.39, 0.29) is 0 Å². The maximum absolute atomic E-state index is 5.93. The van der Waals surface area contributed by atoms with Crippen molar-refractivity contribution in [3.05, 3.63) is 26.6 Å². The molecule has 0 saturated heterocycles. The number of nitrogens with two attached hydrogens (primary N) is 1. The Bertz CT molecular complexity index is 422. The van der Waals surface area contributed by atoms with Crippen LogP contribution >= 0.6 is 31.9 Å². The SMILES string of the molecule is CCOc1c(Br)cc(CNC2CCC(N)CC2)cc1Br. The van der Waals surface area contributed by atoms with E-state index in [4.69, 9.17) is 10.5 Å². The van der Waals surface area contributed by atoms with Gasteiger partial charge in [0.2, 0.25) is 0 Å². The summed E-state index contributed by atoms with van der Waals surface area (Å²) in [6, 6.07) is 5.25. The summed E-state index contributed by atoms with van der Waals surface area (Å²) in [6.45, 7) is 3.53. The van der Waals surface area contributed by atoms with E-state index in [2.05, 4.69) is 49.3 Å². The Labute approximate surface area is 137 Å². The zero-order chi connectivity index (χ0) is 14.5. The molecule has 3 N–H and O–H groups in total. The van der Waals surface area contributed by atoms with E-state index >= 15 is 0 Å². The van der Waals surface area contributed by atoms with Crippen molar-refractivity contribution in [3.8, 4) is 5.75 Å². The Morgan fingerprint density at radius 3 is 2.35 bits per heavy atom. The molecule has 0 aromatic heterocycles. The normalized spacial score (nSPS) is 22.8. The van der Waals surface area contributed by atoms with Crippen molar-refractivity contribution in [2.75, 3.05) is 6.61 Å². The topological polar surface area (TPSA) is 47.3 Å². The largest absolute Gasteiger partial charge is 0.492 e. The lowest BCUT2D eigenvalue weighted by atomic mass is 9.92. The number of nitrogens with one attached hydrogen (secondary N) is 1. The second kappa shape index (κ2) is 7.78. The Morgan fingerprint density at radius 2 is 1.80 bits per heavy atom. The lowest BCUT2D eigenvalue weighted by molar-refractivity contribution is 0.334. The van der Waals surface area contributed by atoms with Crippen LogP contribution in [0.3, 0.4) is 0 Å². The molecule has 0 heterocycles. The summed E-state index contributed by atoms with van der Waals surface area (Å²) in [7, 11) is 0. The molecular formula is C15H22Br2N2O. The van der Waals surface area contributed by atoms with E-state index < -0.39 is 0 Å². The fourth-order valence-corrected chi connectivity index (χ4v) is 4.09. The monoisotopic (exact) mass is 404 g/mol. The van der Waals surface area contributed by atoms with Crippen LogP contribution in [-0.2, 0) is 6.54 Å². The van der Waals surface area contributed by atoms with Gasteiger partial charge in [0.25, 0.3) is 0 Å². The van der Waals surface area contributed by atoms with Crippen LogP contribution in [0.1, 0.15) is 38.2 Å². The van der Waals surface area contributed by atoms with Gasteiger partial charge in [-0.25, -0.2) is 0 Å². The third-order valence-corrected chi connectivity index (χ3v) is 4.89. The molecule has 3 nitrogen and oxygen atoms in total. The summed E-state index contributed by atoms with van der Waals surface area (Å²) in [6.07, 6.45) is 4.63. The average molecular weight is 406 g/mol. The lowest BCUT2D eigenvalue weighted by Gasteiger charge is -2.27. The quantitative estimate of drug-likeness (QED) is 0.778. The van der Waals surface area contributed by atoms with Gasteiger partial charge in [0.15, 0.2) is 0 Å². The zero-order valence-electron chi connectivity index (χ0n) is 11.8. The number of hydrogen-bond acceptors (Lipinski definition) is 3. The second-order valence-corrected chi connectivity index (χ2v) is 7.02. The molecule has 1 saturated carbocycles. The minimum atomic E-state index is 0.404. The molecule has 0 radical (unpaired) electrons. The van der Waals surface area contributed by atoms with Gasteiger partial charge >= 0.3 is 0 Å². The maximum Gasteiger partial charge on any atom is 0.147 e. The van der Waals surface area contributed by atoms with Crippen molar-refractivity contribution < 1.29 is 4.74 Å². The minimum absolute atomic E-state index is 0.404. The van der Waals surface area contributed by atoms with E-state index in [9.17, 15) is 0 Å². The Hall–Kier alpha value is -0.100. The predicted octanol–water partition coefficient (Wildman–Crippen LogP) is 3.97. The third kappa shape index (κ3) is 4.45. The Kier molecular flexibility index (Phi) is 6.33. The molecule has 5 heteroatoms. The first kappa shape index (κ1) is 16.3. The van der Waals surface area contributed by atoms with E-state index in [1.54, 1.807) is 0 Å². The molecule has 0 aliphatic heterocycles. The van der Waals surface area contributed by atoms with Crippen LogP contribution in [0.15, 0.2) is 21.1 Å². The molecule has 0 unspecified atom stereocenters. The smallest absolute Gasteiger partial charge is 0.147 e. The molecule has 1 aliphatic carbocycles. The van der Waals surface area contributed by atoms with Gasteiger partial charge in [0.05, 0.1) is 15.6 Å². The van der Waals surface area contributed by atoms with E-state index in [0.717, 1.165) is 34.1 Å². The predicted molar refractivity (Wildman–Crippen MR) is 90.1 cm³/mol. The Balaban J connectivity index is 1.93. The van der Waals surface area contributed by atoms with Gasteiger partial charge < -0.3 is 15.8 Å². The molecule has 0 spiro atoms. The number of ether oxygens (including phenoxy) is 1. The zero-order valence-corrected chi connectivity index (χ0v) is 15.0. The van der Waals surface area contributed by atoms with Crippen LogP contribution in [0.25, 0.3) is 0 Å². The highest BCUT2D eigenvalue weighted by Gasteiger charge is 2.18. The van der Waals surface area contributed by atoms with Crippen molar-refractivity contribution >= 4 is 31.9 Å². The molecule has 20 heavy (non-hydrogen) atoms. The molecule has 0 bridgehead atoms. The standard InChI is InChI=1S/C15H22Br2N2O/c1-2-20-15-13(16)7-10(8-14(15)17)9-19-12-5-3-11(18)4-6-12/h7-8,11-12,19H,2-6,9,18H2,1H3. The molecule has 2 rings (SSSR count). The third-order valence-electron chi connectivity index (χ3n) is 3.71. The number of hydrogen-bond donors (Lipinski definition) is 2. The highest BCUT2D eigenvalue weighted by atomic mass is 79.9. The van der Waals surface area contributed by atoms with Gasteiger partial charge in [0.1, 0.15) is 5.75 Å². The molecule has 0 atom stereocenters. The molecule has 0 amide bonds. The first-order valence-electron chi connectivity index (χ1n) is 7.19. The van der Waals surface area contributed by atoms with Gasteiger partial charge in [-0.2, -0.15) is 0 Å². The summed E-state index contributed by atoms with van der Waals surface area (Å²) < 4.78 is 7.59. The van der Waals surface area contributed by atoms with E-state index in [1.807, 2.05) is 6.92 Å². The van der Waals surface area contributed by atoms with Gasteiger partial charge in [0, 0.05) is 18.6 Å². The fraction of sp³-hybridized carbons (Fsp3) is 0.600. The van der Waals surface area contributed by atoms with E-state index in [1.165, 1.54) is 18.4 Å². The van der Waals surface area contributed by atoms with Crippen molar-refractivity contribution in [2.45, 2.75) is 51.2 Å². The minimum Gasteiger partial charge on any atom is -0.492 e. The van der Waals surface area contributed by atoms with Crippen LogP contribution in [0.2, 0.25) is 0 Å². The summed E-state index contributed by atoms with van der Waals surface area (Å²) in [5.41, 5.74) is 7.19. The van der Waals surface area contributed by atoms with Gasteiger partial charge in [-0.05, 0) is 82.2 Å². The summed E-state index contributed by atoms with van der Waals surface area (Å²) in [4.78, 5) is 0. The van der Waals surface area contributed by atoms with E-state index in [0.29, 0.717) is 18.7 Å². The van der Waals surface area contributed by atoms with Gasteiger partial charge in [-0.3, -0.25) is 0 Å². The second-order valence-electron chi connectivity index (χ2n) is 5.31. The van der Waals surface area contributed by atoms with Crippen molar-refractivity contribution in [1.82, 2.24) is 5.32 Å². The van der Waals surface area contributed by atoms with Crippen LogP contribution in [0.5, 0.6) is 5.75 Å². The molecule has 1 fully saturated rings. The van der Waals surface area contributed by atoms with Crippen molar-refractivity contribution in [1.29, 1.82) is 0 Å². The first-order valence-corrected chi connectivity index (χ1v) is 8.78. The summed E-state index contributed by atoms with van der Waals surface area (Å²) >= 11 is 7.15. The van der Waals surface area contributed by atoms with Gasteiger partial charge in [-0.1, -0.05) is 0 Å². The average Bonchev–Trinajstić information content (AvgIpc) is 2.42. The number of rotatable bonds is 5. The van der Waals surface area contributed by atoms with Crippen molar-refractivity contribution in [2.24, 2.45) is 5.73 Å². The highest BCUT2D eigenvalue weighted by molar-refractivity contribution is 9.11. The van der Waals surface area contributed by atoms with Crippen LogP contribution in [0, 0.1) is 0 Å². The summed E-state index contributed by atoms with van der Waals surface area (Å²) in [5.74, 6) is 0.875. The molecule has 1 aliphatic rings. The number of halogens is 2. The van der Waals surface area contributed by atoms with Crippen molar-refractivity contribution in [3.63, 3.8) is 0 Å². The molecule has 1 aromatic rings. The number of benzene rings is 1. The highest BCUT2D eigenvalue weighted by Crippen LogP contribution is 2.34. The van der Waals surface area contributed by atoms with Crippen LogP contribution in [-0.4, -0.2) is 18.7 Å². The fourth-order valence-electron chi connectivity index (χ4n) is 2.58.